The van der Waals surface area contributed by atoms with Gasteiger partial charge in [-0.3, -0.25) is 4.98 Å². The fourth-order valence-corrected chi connectivity index (χ4v) is 1.23. The average molecular weight is 215 g/mol. The van der Waals surface area contributed by atoms with Crippen LogP contribution in [0, 0.1) is 6.92 Å². The van der Waals surface area contributed by atoms with Gasteiger partial charge in [0, 0.05) is 0 Å². The van der Waals surface area contributed by atoms with Crippen molar-refractivity contribution in [2.75, 3.05) is 5.73 Å². The molecule has 0 radical (unpaired) electrons. The van der Waals surface area contributed by atoms with E-state index in [4.69, 9.17) is 10.5 Å². The van der Waals surface area contributed by atoms with Crippen molar-refractivity contribution in [2.45, 2.75) is 13.5 Å². The fraction of sp³-hybridized carbons (Fsp3) is 0.167. The molecule has 0 fully saturated rings. The highest BCUT2D eigenvalue weighted by Crippen LogP contribution is 2.12. The molecule has 0 amide bonds. The number of aryl methyl sites for hydroxylation is 1. The molecule has 0 saturated carbocycles. The number of hydrogen-bond donors (Lipinski definition) is 1. The molecule has 0 bridgehead atoms. The lowest BCUT2D eigenvalue weighted by molar-refractivity contribution is 0.301. The first kappa shape index (κ1) is 10.4. The standard InChI is InChI=1S/C12H13N3O/c1-9-2-4-11(5-3-9)16-8-10-6-15-12(13)7-14-10/h2-7H,8H2,1H3,(H2,13,15). The summed E-state index contributed by atoms with van der Waals surface area (Å²) in [6.45, 7) is 2.44. The van der Waals surface area contributed by atoms with Gasteiger partial charge >= 0.3 is 0 Å². The van der Waals surface area contributed by atoms with Gasteiger partial charge in [0.2, 0.25) is 0 Å². The van der Waals surface area contributed by atoms with Crippen molar-refractivity contribution < 1.29 is 4.74 Å². The minimum Gasteiger partial charge on any atom is -0.487 e. The molecule has 82 valence electrons. The number of anilines is 1. The molecule has 0 atom stereocenters. The zero-order valence-corrected chi connectivity index (χ0v) is 9.05. The molecule has 0 spiro atoms. The Balaban J connectivity index is 1.97. The Bertz CT molecular complexity index is 405. The molecule has 2 aromatic rings. The largest absolute Gasteiger partial charge is 0.487 e. The second-order valence-electron chi connectivity index (χ2n) is 3.53. The molecule has 16 heavy (non-hydrogen) atoms. The van der Waals surface area contributed by atoms with Crippen molar-refractivity contribution >= 4 is 5.82 Å². The number of benzene rings is 1. The first-order valence-corrected chi connectivity index (χ1v) is 5.00. The summed E-state index contributed by atoms with van der Waals surface area (Å²) in [6.07, 6.45) is 3.14. The van der Waals surface area contributed by atoms with E-state index in [0.29, 0.717) is 12.4 Å². The summed E-state index contributed by atoms with van der Waals surface area (Å²) in [7, 11) is 0. The SMILES string of the molecule is Cc1ccc(OCc2cnc(N)cn2)cc1. The van der Waals surface area contributed by atoms with E-state index in [2.05, 4.69) is 9.97 Å². The maximum Gasteiger partial charge on any atom is 0.141 e. The summed E-state index contributed by atoms with van der Waals surface area (Å²) >= 11 is 0. The molecular formula is C12H13N3O. The molecule has 0 unspecified atom stereocenters. The lowest BCUT2D eigenvalue weighted by atomic mass is 10.2. The Morgan fingerprint density at radius 2 is 1.88 bits per heavy atom. The number of nitrogens with zero attached hydrogens (tertiary/aromatic N) is 2. The van der Waals surface area contributed by atoms with Crippen LogP contribution in [0.2, 0.25) is 0 Å². The van der Waals surface area contributed by atoms with E-state index in [1.807, 2.05) is 31.2 Å². The van der Waals surface area contributed by atoms with Gasteiger partial charge in [-0.05, 0) is 19.1 Å². The number of ether oxygens (including phenoxy) is 1. The van der Waals surface area contributed by atoms with Gasteiger partial charge in [0.25, 0.3) is 0 Å². The van der Waals surface area contributed by atoms with E-state index in [1.54, 1.807) is 6.20 Å². The van der Waals surface area contributed by atoms with Crippen molar-refractivity contribution in [3.63, 3.8) is 0 Å². The van der Waals surface area contributed by atoms with Crippen LogP contribution < -0.4 is 10.5 Å². The van der Waals surface area contributed by atoms with E-state index in [1.165, 1.54) is 11.8 Å². The summed E-state index contributed by atoms with van der Waals surface area (Å²) in [5.74, 6) is 1.24. The van der Waals surface area contributed by atoms with Crippen LogP contribution >= 0.6 is 0 Å². The van der Waals surface area contributed by atoms with E-state index >= 15 is 0 Å². The van der Waals surface area contributed by atoms with Crippen LogP contribution in [0.5, 0.6) is 5.75 Å². The summed E-state index contributed by atoms with van der Waals surface area (Å²) in [5, 5.41) is 0. The van der Waals surface area contributed by atoms with Crippen LogP contribution in [0.1, 0.15) is 11.3 Å². The third-order valence-electron chi connectivity index (χ3n) is 2.13. The lowest BCUT2D eigenvalue weighted by Gasteiger charge is -2.05. The van der Waals surface area contributed by atoms with E-state index < -0.39 is 0 Å². The van der Waals surface area contributed by atoms with Gasteiger partial charge in [0.05, 0.1) is 18.1 Å². The number of rotatable bonds is 3. The first-order valence-electron chi connectivity index (χ1n) is 5.00. The van der Waals surface area contributed by atoms with Crippen LogP contribution in [0.25, 0.3) is 0 Å². The summed E-state index contributed by atoms with van der Waals surface area (Å²) < 4.78 is 5.54. The summed E-state index contributed by atoms with van der Waals surface area (Å²) in [6, 6.07) is 7.87. The smallest absolute Gasteiger partial charge is 0.141 e. The zero-order valence-electron chi connectivity index (χ0n) is 9.05. The summed E-state index contributed by atoms with van der Waals surface area (Å²) in [5.41, 5.74) is 7.40. The second-order valence-corrected chi connectivity index (χ2v) is 3.53. The average Bonchev–Trinajstić information content (AvgIpc) is 2.30. The number of nitrogens with two attached hydrogens (primary N) is 1. The molecule has 2 N–H and O–H groups in total. The minimum atomic E-state index is 0.399. The van der Waals surface area contributed by atoms with Crippen LogP contribution in [0.4, 0.5) is 5.82 Å². The first-order chi connectivity index (χ1) is 7.74. The van der Waals surface area contributed by atoms with E-state index in [-0.39, 0.29) is 0 Å². The van der Waals surface area contributed by atoms with Gasteiger partial charge in [-0.2, -0.15) is 0 Å². The number of aromatic nitrogens is 2. The van der Waals surface area contributed by atoms with E-state index in [0.717, 1.165) is 11.4 Å². The van der Waals surface area contributed by atoms with Crippen LogP contribution in [0.3, 0.4) is 0 Å². The van der Waals surface area contributed by atoms with Gasteiger partial charge < -0.3 is 10.5 Å². The third kappa shape index (κ3) is 2.70. The molecule has 0 saturated heterocycles. The maximum atomic E-state index is 5.54. The van der Waals surface area contributed by atoms with Crippen LogP contribution in [-0.4, -0.2) is 9.97 Å². The van der Waals surface area contributed by atoms with Crippen molar-refractivity contribution in [1.82, 2.24) is 9.97 Å². The maximum absolute atomic E-state index is 5.54. The number of nitrogen functional groups attached to an aromatic ring is 1. The molecule has 2 rings (SSSR count). The van der Waals surface area contributed by atoms with Crippen molar-refractivity contribution in [2.24, 2.45) is 0 Å². The molecule has 1 aromatic heterocycles. The van der Waals surface area contributed by atoms with Crippen LogP contribution in [-0.2, 0) is 6.61 Å². The molecule has 0 aliphatic heterocycles. The molecule has 1 heterocycles. The predicted molar refractivity (Wildman–Crippen MR) is 62.0 cm³/mol. The topological polar surface area (TPSA) is 61.0 Å². The fourth-order valence-electron chi connectivity index (χ4n) is 1.23. The van der Waals surface area contributed by atoms with Crippen molar-refractivity contribution in [3.05, 3.63) is 47.9 Å². The third-order valence-corrected chi connectivity index (χ3v) is 2.13. The van der Waals surface area contributed by atoms with Crippen molar-refractivity contribution in [1.29, 1.82) is 0 Å². The Morgan fingerprint density at radius 1 is 1.12 bits per heavy atom. The lowest BCUT2D eigenvalue weighted by Crippen LogP contribution is -2.00. The minimum absolute atomic E-state index is 0.399. The molecule has 4 heteroatoms. The second kappa shape index (κ2) is 4.61. The molecule has 1 aromatic carbocycles. The molecule has 0 aliphatic carbocycles. The zero-order chi connectivity index (χ0) is 11.4. The molecule has 4 nitrogen and oxygen atoms in total. The highest BCUT2D eigenvalue weighted by Gasteiger charge is 1.97. The predicted octanol–water partition coefficient (Wildman–Crippen LogP) is 1.95. The Morgan fingerprint density at radius 3 is 2.50 bits per heavy atom. The van der Waals surface area contributed by atoms with Crippen LogP contribution in [0.15, 0.2) is 36.7 Å². The monoisotopic (exact) mass is 215 g/mol. The highest BCUT2D eigenvalue weighted by atomic mass is 16.5. The summed E-state index contributed by atoms with van der Waals surface area (Å²) in [4.78, 5) is 8.04. The van der Waals surface area contributed by atoms with Crippen molar-refractivity contribution in [3.8, 4) is 5.75 Å². The molecular weight excluding hydrogens is 202 g/mol. The highest BCUT2D eigenvalue weighted by molar-refractivity contribution is 5.27. The van der Waals surface area contributed by atoms with Gasteiger partial charge in [-0.25, -0.2) is 4.98 Å². The normalized spacial score (nSPS) is 10.1. The van der Waals surface area contributed by atoms with Gasteiger partial charge in [-0.1, -0.05) is 17.7 Å². The quantitative estimate of drug-likeness (QED) is 0.850. The Kier molecular flexibility index (Phi) is 3.00. The Hall–Kier alpha value is -2.10. The number of hydrogen-bond acceptors (Lipinski definition) is 4. The van der Waals surface area contributed by atoms with Gasteiger partial charge in [0.15, 0.2) is 0 Å². The van der Waals surface area contributed by atoms with Gasteiger partial charge in [-0.15, -0.1) is 0 Å². The Labute approximate surface area is 94.1 Å². The van der Waals surface area contributed by atoms with E-state index in [9.17, 15) is 0 Å². The molecule has 0 aliphatic rings. The van der Waals surface area contributed by atoms with Gasteiger partial charge in [0.1, 0.15) is 18.2 Å².